The second-order valence-electron chi connectivity index (χ2n) is 4.83. The molecule has 0 saturated heterocycles. The second-order valence-corrected chi connectivity index (χ2v) is 4.83. The molecule has 0 saturated carbocycles. The van der Waals surface area contributed by atoms with Gasteiger partial charge in [0.05, 0.1) is 19.8 Å². The number of hydrogen-bond donors (Lipinski definition) is 2. The first-order valence-corrected chi connectivity index (χ1v) is 7.03. The van der Waals surface area contributed by atoms with Crippen molar-refractivity contribution in [3.63, 3.8) is 0 Å². The first kappa shape index (κ1) is 15.4. The van der Waals surface area contributed by atoms with Crippen molar-refractivity contribution in [3.05, 3.63) is 59.2 Å². The van der Waals surface area contributed by atoms with Crippen LogP contribution in [0.4, 0.5) is 0 Å². The van der Waals surface area contributed by atoms with E-state index in [4.69, 9.17) is 15.3 Å². The molecule has 1 atom stereocenters. The Labute approximate surface area is 125 Å². The summed E-state index contributed by atoms with van der Waals surface area (Å²) < 4.78 is 10.9. The topological polar surface area (TPSA) is 56.5 Å². The van der Waals surface area contributed by atoms with Crippen LogP contribution in [0.2, 0.25) is 0 Å². The number of nitrogens with one attached hydrogen (secondary N) is 1. The summed E-state index contributed by atoms with van der Waals surface area (Å²) >= 11 is 0. The summed E-state index contributed by atoms with van der Waals surface area (Å²) in [6.45, 7) is 4.63. The molecule has 0 aromatic heterocycles. The maximum Gasteiger partial charge on any atom is 0.122 e. The molecule has 0 radical (unpaired) electrons. The Morgan fingerprint density at radius 1 is 1.14 bits per heavy atom. The van der Waals surface area contributed by atoms with Crippen molar-refractivity contribution in [2.45, 2.75) is 19.9 Å². The summed E-state index contributed by atoms with van der Waals surface area (Å²) in [5.41, 5.74) is 6.06. The van der Waals surface area contributed by atoms with E-state index in [1.807, 2.05) is 50.2 Å². The minimum Gasteiger partial charge on any atom is -0.496 e. The van der Waals surface area contributed by atoms with Crippen molar-refractivity contribution < 1.29 is 9.47 Å². The zero-order valence-electron chi connectivity index (χ0n) is 12.7. The molecule has 0 aliphatic rings. The van der Waals surface area contributed by atoms with E-state index in [0.717, 1.165) is 28.2 Å². The van der Waals surface area contributed by atoms with Crippen LogP contribution in [0.3, 0.4) is 0 Å². The van der Waals surface area contributed by atoms with E-state index >= 15 is 0 Å². The maximum atomic E-state index is 5.76. The molecule has 2 aromatic carbocycles. The zero-order valence-corrected chi connectivity index (χ0v) is 12.7. The molecule has 3 N–H and O–H groups in total. The molecule has 2 aromatic rings. The number of aryl methyl sites for hydroxylation is 1. The molecule has 0 aliphatic carbocycles. The fourth-order valence-electron chi connectivity index (χ4n) is 2.35. The van der Waals surface area contributed by atoms with Gasteiger partial charge in [-0.1, -0.05) is 24.3 Å². The summed E-state index contributed by atoms with van der Waals surface area (Å²) in [6.07, 6.45) is 0. The Hall–Kier alpha value is -2.04. The quantitative estimate of drug-likeness (QED) is 0.633. The van der Waals surface area contributed by atoms with Crippen molar-refractivity contribution >= 4 is 0 Å². The maximum absolute atomic E-state index is 5.76. The van der Waals surface area contributed by atoms with E-state index in [-0.39, 0.29) is 6.04 Å². The molecule has 0 aliphatic heterocycles. The Morgan fingerprint density at radius 3 is 2.57 bits per heavy atom. The first-order chi connectivity index (χ1) is 10.2. The van der Waals surface area contributed by atoms with Crippen molar-refractivity contribution in [1.29, 1.82) is 0 Å². The third kappa shape index (κ3) is 3.54. The smallest absolute Gasteiger partial charge is 0.122 e. The lowest BCUT2D eigenvalue weighted by Crippen LogP contribution is -2.28. The van der Waals surface area contributed by atoms with E-state index in [0.29, 0.717) is 6.61 Å². The number of hydrazine groups is 1. The minimum atomic E-state index is -0.111. The van der Waals surface area contributed by atoms with Crippen LogP contribution < -0.4 is 20.7 Å². The largest absolute Gasteiger partial charge is 0.496 e. The normalized spacial score (nSPS) is 12.0. The second kappa shape index (κ2) is 7.11. The summed E-state index contributed by atoms with van der Waals surface area (Å²) in [4.78, 5) is 0. The van der Waals surface area contributed by atoms with Crippen LogP contribution in [0.15, 0.2) is 42.5 Å². The lowest BCUT2D eigenvalue weighted by atomic mass is 9.97. The molecule has 0 spiro atoms. The van der Waals surface area contributed by atoms with Gasteiger partial charge in [-0.05, 0) is 48.7 Å². The van der Waals surface area contributed by atoms with Gasteiger partial charge in [0.1, 0.15) is 11.5 Å². The zero-order chi connectivity index (χ0) is 15.2. The average molecular weight is 286 g/mol. The van der Waals surface area contributed by atoms with Crippen LogP contribution in [-0.2, 0) is 0 Å². The summed E-state index contributed by atoms with van der Waals surface area (Å²) in [5, 5.41) is 0. The van der Waals surface area contributed by atoms with Gasteiger partial charge in [-0.2, -0.15) is 0 Å². The number of rotatable bonds is 6. The lowest BCUT2D eigenvalue weighted by Gasteiger charge is -2.19. The molecule has 2 rings (SSSR count). The highest BCUT2D eigenvalue weighted by atomic mass is 16.5. The molecule has 0 bridgehead atoms. The van der Waals surface area contributed by atoms with Crippen molar-refractivity contribution in [3.8, 4) is 11.5 Å². The molecule has 1 unspecified atom stereocenters. The third-order valence-corrected chi connectivity index (χ3v) is 3.43. The molecule has 0 heterocycles. The third-order valence-electron chi connectivity index (χ3n) is 3.43. The standard InChI is InChI=1S/C17H22N2O2/c1-4-21-15-7-5-6-13(10-15)17(19-18)14-9-8-12(2)16(11-14)20-3/h5-11,17,19H,4,18H2,1-3H3. The fraction of sp³-hybridized carbons (Fsp3) is 0.294. The summed E-state index contributed by atoms with van der Waals surface area (Å²) in [7, 11) is 1.67. The lowest BCUT2D eigenvalue weighted by molar-refractivity contribution is 0.339. The number of nitrogens with two attached hydrogens (primary N) is 1. The highest BCUT2D eigenvalue weighted by Crippen LogP contribution is 2.28. The van der Waals surface area contributed by atoms with Crippen molar-refractivity contribution in [2.75, 3.05) is 13.7 Å². The van der Waals surface area contributed by atoms with Crippen LogP contribution >= 0.6 is 0 Å². The predicted octanol–water partition coefficient (Wildman–Crippen LogP) is 2.96. The Kier molecular flexibility index (Phi) is 5.20. The molecule has 21 heavy (non-hydrogen) atoms. The van der Waals surface area contributed by atoms with Gasteiger partial charge in [-0.25, -0.2) is 5.43 Å². The van der Waals surface area contributed by atoms with Gasteiger partial charge in [-0.15, -0.1) is 0 Å². The number of benzene rings is 2. The van der Waals surface area contributed by atoms with Gasteiger partial charge in [0.25, 0.3) is 0 Å². The Morgan fingerprint density at radius 2 is 1.90 bits per heavy atom. The van der Waals surface area contributed by atoms with Gasteiger partial charge in [0, 0.05) is 0 Å². The highest BCUT2D eigenvalue weighted by Gasteiger charge is 2.14. The van der Waals surface area contributed by atoms with Crippen molar-refractivity contribution in [2.24, 2.45) is 5.84 Å². The number of ether oxygens (including phenoxy) is 2. The van der Waals surface area contributed by atoms with E-state index in [1.54, 1.807) is 7.11 Å². The van der Waals surface area contributed by atoms with Gasteiger partial charge in [0.15, 0.2) is 0 Å². The van der Waals surface area contributed by atoms with Crippen LogP contribution in [0.25, 0.3) is 0 Å². The number of hydrogen-bond acceptors (Lipinski definition) is 4. The summed E-state index contributed by atoms with van der Waals surface area (Å²) in [5.74, 6) is 7.46. The molecule has 4 nitrogen and oxygen atoms in total. The van der Waals surface area contributed by atoms with Gasteiger partial charge in [-0.3, -0.25) is 5.84 Å². The van der Waals surface area contributed by atoms with Gasteiger partial charge in [0.2, 0.25) is 0 Å². The van der Waals surface area contributed by atoms with Crippen LogP contribution in [0.5, 0.6) is 11.5 Å². The molecule has 0 amide bonds. The average Bonchev–Trinajstić information content (AvgIpc) is 2.50. The van der Waals surface area contributed by atoms with Crippen LogP contribution in [-0.4, -0.2) is 13.7 Å². The first-order valence-electron chi connectivity index (χ1n) is 7.03. The van der Waals surface area contributed by atoms with Gasteiger partial charge >= 0.3 is 0 Å². The number of methoxy groups -OCH3 is 1. The molecular formula is C17H22N2O2. The van der Waals surface area contributed by atoms with E-state index in [9.17, 15) is 0 Å². The van der Waals surface area contributed by atoms with Crippen molar-refractivity contribution in [1.82, 2.24) is 5.43 Å². The van der Waals surface area contributed by atoms with E-state index in [2.05, 4.69) is 11.5 Å². The van der Waals surface area contributed by atoms with Crippen LogP contribution in [0, 0.1) is 6.92 Å². The Bertz CT molecular complexity index is 599. The predicted molar refractivity (Wildman–Crippen MR) is 84.5 cm³/mol. The molecule has 112 valence electrons. The molecular weight excluding hydrogens is 264 g/mol. The molecule has 0 fully saturated rings. The monoisotopic (exact) mass is 286 g/mol. The molecule has 4 heteroatoms. The Balaban J connectivity index is 2.37. The van der Waals surface area contributed by atoms with Gasteiger partial charge < -0.3 is 9.47 Å². The minimum absolute atomic E-state index is 0.111. The summed E-state index contributed by atoms with van der Waals surface area (Å²) in [6, 6.07) is 13.9. The van der Waals surface area contributed by atoms with E-state index in [1.165, 1.54) is 0 Å². The van der Waals surface area contributed by atoms with Crippen LogP contribution in [0.1, 0.15) is 29.7 Å². The highest BCUT2D eigenvalue weighted by molar-refractivity contribution is 5.42. The SMILES string of the molecule is CCOc1cccc(C(NN)c2ccc(C)c(OC)c2)c1. The van der Waals surface area contributed by atoms with E-state index < -0.39 is 0 Å². The fourth-order valence-corrected chi connectivity index (χ4v) is 2.35.